The zero-order chi connectivity index (χ0) is 19.3. The summed E-state index contributed by atoms with van der Waals surface area (Å²) in [5, 5.41) is 2.57. The molecule has 0 saturated carbocycles. The number of benzene rings is 1. The Bertz CT molecular complexity index is 654. The van der Waals surface area contributed by atoms with Gasteiger partial charge in [0.1, 0.15) is 24.3 Å². The second kappa shape index (κ2) is 8.21. The quantitative estimate of drug-likeness (QED) is 0.812. The van der Waals surface area contributed by atoms with Crippen LogP contribution in [-0.2, 0) is 25.7 Å². The molecule has 1 aromatic rings. The van der Waals surface area contributed by atoms with Gasteiger partial charge in [0.05, 0.1) is 0 Å². The van der Waals surface area contributed by atoms with Crippen LogP contribution in [0, 0.1) is 0 Å². The zero-order valence-electron chi connectivity index (χ0n) is 15.7. The zero-order valence-corrected chi connectivity index (χ0v) is 15.7. The van der Waals surface area contributed by atoms with Crippen LogP contribution in [0.15, 0.2) is 30.3 Å². The maximum Gasteiger partial charge on any atom is 0.408 e. The Morgan fingerprint density at radius 2 is 1.92 bits per heavy atom. The number of nitrogens with zero attached hydrogens (tertiary/aromatic N) is 1. The highest BCUT2D eigenvalue weighted by Crippen LogP contribution is 2.18. The van der Waals surface area contributed by atoms with Crippen molar-refractivity contribution in [3.63, 3.8) is 0 Å². The van der Waals surface area contributed by atoms with Crippen molar-refractivity contribution in [2.24, 2.45) is 0 Å². The van der Waals surface area contributed by atoms with Gasteiger partial charge in [-0.2, -0.15) is 0 Å². The minimum absolute atomic E-state index is 0.131. The lowest BCUT2D eigenvalue weighted by Gasteiger charge is -2.27. The van der Waals surface area contributed by atoms with Gasteiger partial charge in [0.2, 0.25) is 5.91 Å². The third-order valence-corrected chi connectivity index (χ3v) is 3.96. The van der Waals surface area contributed by atoms with E-state index in [9.17, 15) is 14.4 Å². The molecule has 1 N–H and O–H groups in total. The lowest BCUT2D eigenvalue weighted by Crippen LogP contribution is -2.47. The van der Waals surface area contributed by atoms with Crippen molar-refractivity contribution >= 4 is 18.0 Å². The minimum atomic E-state index is -0.700. The number of nitrogens with one attached hydrogen (secondary N) is 1. The molecule has 7 nitrogen and oxygen atoms in total. The summed E-state index contributed by atoms with van der Waals surface area (Å²) in [5.74, 6) is -0.766. The Hall–Kier alpha value is -2.57. The summed E-state index contributed by atoms with van der Waals surface area (Å²) in [4.78, 5) is 38.0. The molecule has 1 aliphatic heterocycles. The highest BCUT2D eigenvalue weighted by atomic mass is 16.6. The summed E-state index contributed by atoms with van der Waals surface area (Å²) in [5.41, 5.74) is 0.244. The van der Waals surface area contributed by atoms with Crippen LogP contribution in [0.25, 0.3) is 0 Å². The molecule has 0 aliphatic carbocycles. The van der Waals surface area contributed by atoms with Gasteiger partial charge in [-0.3, -0.25) is 4.79 Å². The van der Waals surface area contributed by atoms with Crippen molar-refractivity contribution in [3.8, 4) is 0 Å². The first kappa shape index (κ1) is 19.8. The topological polar surface area (TPSA) is 84.9 Å². The van der Waals surface area contributed by atoms with Crippen molar-refractivity contribution in [1.82, 2.24) is 10.2 Å². The Balaban J connectivity index is 1.84. The van der Waals surface area contributed by atoms with E-state index in [2.05, 4.69) is 5.32 Å². The van der Waals surface area contributed by atoms with E-state index in [-0.39, 0.29) is 12.5 Å². The Morgan fingerprint density at radius 1 is 1.27 bits per heavy atom. The summed E-state index contributed by atoms with van der Waals surface area (Å²) in [6.45, 7) is 7.46. The third kappa shape index (κ3) is 5.47. The van der Waals surface area contributed by atoms with Crippen LogP contribution >= 0.6 is 0 Å². The maximum absolute atomic E-state index is 12.5. The molecular formula is C19H26N2O5. The third-order valence-electron chi connectivity index (χ3n) is 3.96. The second-order valence-corrected chi connectivity index (χ2v) is 7.29. The SMILES string of the molecule is C[C@@H](C(=O)OC(C)(C)C)N1CC[C@@H](NC(=O)OCc2ccccc2)C1=O. The van der Waals surface area contributed by atoms with E-state index in [0.29, 0.717) is 13.0 Å². The van der Waals surface area contributed by atoms with Crippen molar-refractivity contribution in [2.75, 3.05) is 6.54 Å². The van der Waals surface area contributed by atoms with E-state index in [0.717, 1.165) is 5.56 Å². The van der Waals surface area contributed by atoms with Crippen LogP contribution in [0.2, 0.25) is 0 Å². The molecule has 1 aliphatic rings. The van der Waals surface area contributed by atoms with Crippen LogP contribution in [-0.4, -0.2) is 47.1 Å². The minimum Gasteiger partial charge on any atom is -0.458 e. The average Bonchev–Trinajstić information content (AvgIpc) is 2.92. The normalized spacial score (nSPS) is 18.4. The lowest BCUT2D eigenvalue weighted by molar-refractivity contribution is -0.163. The fraction of sp³-hybridized carbons (Fsp3) is 0.526. The number of alkyl carbamates (subject to hydrolysis) is 1. The molecule has 1 heterocycles. The van der Waals surface area contributed by atoms with Gasteiger partial charge < -0.3 is 19.7 Å². The molecule has 1 fully saturated rings. The molecule has 0 spiro atoms. The van der Waals surface area contributed by atoms with Crippen LogP contribution in [0.3, 0.4) is 0 Å². The molecule has 0 unspecified atom stereocenters. The molecule has 1 saturated heterocycles. The molecule has 2 atom stereocenters. The van der Waals surface area contributed by atoms with Crippen LogP contribution in [0.1, 0.15) is 39.7 Å². The van der Waals surface area contributed by atoms with Crippen molar-refractivity contribution in [2.45, 2.75) is 58.4 Å². The maximum atomic E-state index is 12.5. The van der Waals surface area contributed by atoms with Crippen LogP contribution in [0.4, 0.5) is 4.79 Å². The van der Waals surface area contributed by atoms with Crippen LogP contribution in [0.5, 0.6) is 0 Å². The monoisotopic (exact) mass is 362 g/mol. The first-order valence-corrected chi connectivity index (χ1v) is 8.68. The molecule has 26 heavy (non-hydrogen) atoms. The summed E-state index contributed by atoms with van der Waals surface area (Å²) in [6, 6.07) is 7.88. The number of hydrogen-bond acceptors (Lipinski definition) is 5. The fourth-order valence-corrected chi connectivity index (χ4v) is 2.64. The van der Waals surface area contributed by atoms with Gasteiger partial charge in [-0.15, -0.1) is 0 Å². The Kier molecular flexibility index (Phi) is 6.23. The van der Waals surface area contributed by atoms with Crippen LogP contribution < -0.4 is 5.32 Å². The molecule has 0 radical (unpaired) electrons. The first-order valence-electron chi connectivity index (χ1n) is 8.68. The van der Waals surface area contributed by atoms with E-state index < -0.39 is 29.7 Å². The van der Waals surface area contributed by atoms with Crippen molar-refractivity contribution in [1.29, 1.82) is 0 Å². The predicted molar refractivity (Wildman–Crippen MR) is 95.2 cm³/mol. The van der Waals surface area contributed by atoms with Gasteiger partial charge in [-0.05, 0) is 39.7 Å². The largest absolute Gasteiger partial charge is 0.458 e. The van der Waals surface area contributed by atoms with Gasteiger partial charge in [-0.1, -0.05) is 30.3 Å². The molecule has 1 aromatic carbocycles. The number of likely N-dealkylation sites (tertiary alicyclic amines) is 1. The van der Waals surface area contributed by atoms with E-state index in [1.165, 1.54) is 4.90 Å². The van der Waals surface area contributed by atoms with Crippen molar-refractivity contribution < 1.29 is 23.9 Å². The highest BCUT2D eigenvalue weighted by Gasteiger charge is 2.39. The predicted octanol–water partition coefficient (Wildman–Crippen LogP) is 2.24. The second-order valence-electron chi connectivity index (χ2n) is 7.29. The number of rotatable bonds is 5. The van der Waals surface area contributed by atoms with E-state index in [1.807, 2.05) is 30.3 Å². The van der Waals surface area contributed by atoms with Gasteiger partial charge in [-0.25, -0.2) is 9.59 Å². The highest BCUT2D eigenvalue weighted by molar-refractivity contribution is 5.91. The number of esters is 1. The molecular weight excluding hydrogens is 336 g/mol. The summed E-state index contributed by atoms with van der Waals surface area (Å²) in [6.07, 6.45) is -0.231. The number of hydrogen-bond donors (Lipinski definition) is 1. The molecule has 2 rings (SSSR count). The number of ether oxygens (including phenoxy) is 2. The van der Waals surface area contributed by atoms with Gasteiger partial charge in [0.15, 0.2) is 0 Å². The fourth-order valence-electron chi connectivity index (χ4n) is 2.64. The van der Waals surface area contributed by atoms with Gasteiger partial charge in [0.25, 0.3) is 0 Å². The van der Waals surface area contributed by atoms with Crippen molar-refractivity contribution in [3.05, 3.63) is 35.9 Å². The number of carbonyl (C=O) groups is 3. The standard InChI is InChI=1S/C19H26N2O5/c1-13(17(23)26-19(2,3)4)21-11-10-15(16(21)22)20-18(24)25-12-14-8-6-5-7-9-14/h5-9,13,15H,10-12H2,1-4H3,(H,20,24)/t13-,15+/m0/s1. The Labute approximate surface area is 153 Å². The van der Waals surface area contributed by atoms with Gasteiger partial charge in [0, 0.05) is 6.54 Å². The first-order chi connectivity index (χ1) is 12.2. The molecule has 0 bridgehead atoms. The van der Waals surface area contributed by atoms with E-state index >= 15 is 0 Å². The van der Waals surface area contributed by atoms with Gasteiger partial charge >= 0.3 is 12.1 Å². The number of amides is 2. The summed E-state index contributed by atoms with van der Waals surface area (Å²) < 4.78 is 10.5. The van der Waals surface area contributed by atoms with E-state index in [4.69, 9.17) is 9.47 Å². The smallest absolute Gasteiger partial charge is 0.408 e. The van der Waals surface area contributed by atoms with E-state index in [1.54, 1.807) is 27.7 Å². The molecule has 2 amide bonds. The molecule has 7 heteroatoms. The summed E-state index contributed by atoms with van der Waals surface area (Å²) >= 11 is 0. The summed E-state index contributed by atoms with van der Waals surface area (Å²) in [7, 11) is 0. The molecule has 0 aromatic heterocycles. The number of carbonyl (C=O) groups excluding carboxylic acids is 3. The lowest BCUT2D eigenvalue weighted by atomic mass is 10.2. The average molecular weight is 362 g/mol. The Morgan fingerprint density at radius 3 is 2.54 bits per heavy atom. The molecule has 142 valence electrons.